The molecule has 0 fully saturated rings. The molecule has 3 nitrogen and oxygen atoms in total. The van der Waals surface area contributed by atoms with Gasteiger partial charge in [-0.2, -0.15) is 0 Å². The summed E-state index contributed by atoms with van der Waals surface area (Å²) in [5, 5.41) is 5.46. The highest BCUT2D eigenvalue weighted by atomic mass is 32.1. The summed E-state index contributed by atoms with van der Waals surface area (Å²) in [6.45, 7) is 4.76. The van der Waals surface area contributed by atoms with E-state index in [2.05, 4.69) is 14.7 Å². The van der Waals surface area contributed by atoms with Gasteiger partial charge in [0.15, 0.2) is 4.96 Å². The molecule has 3 aromatic rings. The third-order valence-electron chi connectivity index (χ3n) is 3.49. The first kappa shape index (κ1) is 13.3. The normalized spacial score (nSPS) is 12.9. The number of aryl methyl sites for hydroxylation is 1. The average molecular weight is 289 g/mol. The van der Waals surface area contributed by atoms with Crippen molar-refractivity contribution >= 4 is 16.3 Å². The smallest absolute Gasteiger partial charge is 0.194 e. The molecule has 1 atom stereocenters. The van der Waals surface area contributed by atoms with Crippen LogP contribution in [0.1, 0.15) is 29.9 Å². The Hall–Kier alpha value is -1.72. The zero-order valence-electron chi connectivity index (χ0n) is 11.4. The van der Waals surface area contributed by atoms with Crippen molar-refractivity contribution in [3.63, 3.8) is 0 Å². The van der Waals surface area contributed by atoms with Crippen molar-refractivity contribution in [3.8, 4) is 0 Å². The minimum Gasteiger partial charge on any atom is -0.305 e. The molecule has 2 aromatic heterocycles. The van der Waals surface area contributed by atoms with E-state index in [1.165, 1.54) is 6.07 Å². The summed E-state index contributed by atoms with van der Waals surface area (Å²) in [6.07, 6.45) is 2.03. The number of hydrogen-bond acceptors (Lipinski definition) is 3. The Morgan fingerprint density at radius 2 is 2.30 bits per heavy atom. The van der Waals surface area contributed by atoms with Gasteiger partial charge < -0.3 is 5.32 Å². The molecule has 0 aliphatic heterocycles. The largest absolute Gasteiger partial charge is 0.305 e. The first-order valence-corrected chi connectivity index (χ1v) is 7.43. The monoisotopic (exact) mass is 289 g/mol. The van der Waals surface area contributed by atoms with Gasteiger partial charge in [-0.05, 0) is 31.5 Å². The van der Waals surface area contributed by atoms with Crippen LogP contribution >= 0.6 is 11.3 Å². The van der Waals surface area contributed by atoms with Crippen molar-refractivity contribution in [2.24, 2.45) is 0 Å². The lowest BCUT2D eigenvalue weighted by atomic mass is 10.1. The quantitative estimate of drug-likeness (QED) is 0.793. The van der Waals surface area contributed by atoms with Crippen LogP contribution in [0.3, 0.4) is 0 Å². The number of nitrogens with zero attached hydrogens (tertiary/aromatic N) is 2. The second-order valence-electron chi connectivity index (χ2n) is 4.86. The molecule has 2 heterocycles. The minimum absolute atomic E-state index is 0.0919. The van der Waals surface area contributed by atoms with Gasteiger partial charge in [-0.1, -0.05) is 12.1 Å². The molecule has 0 saturated carbocycles. The van der Waals surface area contributed by atoms with Crippen molar-refractivity contribution < 1.29 is 4.39 Å². The Morgan fingerprint density at radius 3 is 3.10 bits per heavy atom. The lowest BCUT2D eigenvalue weighted by Crippen LogP contribution is -2.19. The highest BCUT2D eigenvalue weighted by Crippen LogP contribution is 2.18. The van der Waals surface area contributed by atoms with Crippen LogP contribution < -0.4 is 5.32 Å². The van der Waals surface area contributed by atoms with E-state index in [9.17, 15) is 4.39 Å². The first-order valence-electron chi connectivity index (χ1n) is 6.55. The van der Waals surface area contributed by atoms with Crippen LogP contribution in [0.2, 0.25) is 0 Å². The van der Waals surface area contributed by atoms with Crippen LogP contribution in [0.15, 0.2) is 35.8 Å². The molecule has 0 radical (unpaired) electrons. The number of benzene rings is 1. The topological polar surface area (TPSA) is 29.3 Å². The predicted octanol–water partition coefficient (Wildman–Crippen LogP) is 3.69. The van der Waals surface area contributed by atoms with Crippen molar-refractivity contribution in [3.05, 3.63) is 58.6 Å². The van der Waals surface area contributed by atoms with Crippen LogP contribution in [0, 0.1) is 12.7 Å². The van der Waals surface area contributed by atoms with Crippen LogP contribution in [0.5, 0.6) is 0 Å². The van der Waals surface area contributed by atoms with E-state index < -0.39 is 0 Å². The average Bonchev–Trinajstić information content (AvgIpc) is 2.97. The van der Waals surface area contributed by atoms with E-state index in [1.54, 1.807) is 23.5 Å². The van der Waals surface area contributed by atoms with E-state index in [1.807, 2.05) is 31.5 Å². The van der Waals surface area contributed by atoms with Crippen molar-refractivity contribution in [2.45, 2.75) is 26.4 Å². The number of thiazole rings is 1. The molecule has 3 rings (SSSR count). The van der Waals surface area contributed by atoms with Crippen molar-refractivity contribution in [2.75, 3.05) is 0 Å². The summed E-state index contributed by atoms with van der Waals surface area (Å²) >= 11 is 1.63. The maximum atomic E-state index is 13.2. The molecule has 20 heavy (non-hydrogen) atoms. The maximum absolute atomic E-state index is 13.2. The number of imidazole rings is 1. The second kappa shape index (κ2) is 5.34. The number of fused-ring (bicyclic) bond motifs is 1. The third-order valence-corrected chi connectivity index (χ3v) is 4.24. The molecule has 0 spiro atoms. The van der Waals surface area contributed by atoms with E-state index in [4.69, 9.17) is 0 Å². The number of halogens is 1. The summed E-state index contributed by atoms with van der Waals surface area (Å²) < 4.78 is 15.3. The summed E-state index contributed by atoms with van der Waals surface area (Å²) in [5.74, 6) is -0.197. The Bertz CT molecular complexity index is 732. The van der Waals surface area contributed by atoms with Gasteiger partial charge in [-0.3, -0.25) is 4.40 Å². The molecule has 104 valence electrons. The summed E-state index contributed by atoms with van der Waals surface area (Å²) in [7, 11) is 0. The summed E-state index contributed by atoms with van der Waals surface area (Å²) in [5.41, 5.74) is 3.15. The van der Waals surface area contributed by atoms with Gasteiger partial charge in [0.25, 0.3) is 0 Å². The molecule has 1 aromatic carbocycles. The van der Waals surface area contributed by atoms with Gasteiger partial charge in [0.05, 0.1) is 11.4 Å². The van der Waals surface area contributed by atoms with Crippen molar-refractivity contribution in [1.82, 2.24) is 14.7 Å². The Labute approximate surface area is 121 Å². The number of rotatable bonds is 4. The third kappa shape index (κ3) is 2.46. The maximum Gasteiger partial charge on any atom is 0.194 e. The van der Waals surface area contributed by atoms with Crippen LogP contribution in [-0.4, -0.2) is 9.38 Å². The molecular weight excluding hydrogens is 273 g/mol. The van der Waals surface area contributed by atoms with Gasteiger partial charge >= 0.3 is 0 Å². The molecule has 0 amide bonds. The predicted molar refractivity (Wildman–Crippen MR) is 79.5 cm³/mol. The number of aromatic nitrogens is 2. The molecule has 0 saturated heterocycles. The fourth-order valence-electron chi connectivity index (χ4n) is 2.30. The SMILES string of the molecule is Cc1nc2sccn2c1CNC(C)c1cccc(F)c1. The van der Waals surface area contributed by atoms with Crippen LogP contribution in [0.4, 0.5) is 4.39 Å². The molecule has 5 heteroatoms. The van der Waals surface area contributed by atoms with Gasteiger partial charge in [0, 0.05) is 24.2 Å². The van der Waals surface area contributed by atoms with Crippen LogP contribution in [0.25, 0.3) is 4.96 Å². The van der Waals surface area contributed by atoms with Gasteiger partial charge in [0.1, 0.15) is 5.82 Å². The van der Waals surface area contributed by atoms with Gasteiger partial charge in [-0.15, -0.1) is 11.3 Å². The highest BCUT2D eigenvalue weighted by molar-refractivity contribution is 7.15. The number of nitrogens with one attached hydrogen (secondary N) is 1. The molecule has 0 bridgehead atoms. The van der Waals surface area contributed by atoms with Gasteiger partial charge in [-0.25, -0.2) is 9.37 Å². The van der Waals surface area contributed by atoms with Crippen molar-refractivity contribution in [1.29, 1.82) is 0 Å². The Morgan fingerprint density at radius 1 is 1.45 bits per heavy atom. The molecule has 0 aliphatic rings. The molecule has 0 aliphatic carbocycles. The zero-order valence-corrected chi connectivity index (χ0v) is 12.2. The van der Waals surface area contributed by atoms with Gasteiger partial charge in [0.2, 0.25) is 0 Å². The first-order chi connectivity index (χ1) is 9.65. The Kier molecular flexibility index (Phi) is 3.54. The lowest BCUT2D eigenvalue weighted by Gasteiger charge is -2.14. The molecule has 1 unspecified atom stereocenters. The minimum atomic E-state index is -0.197. The van der Waals surface area contributed by atoms with Crippen LogP contribution in [-0.2, 0) is 6.54 Å². The van der Waals surface area contributed by atoms with E-state index in [-0.39, 0.29) is 11.9 Å². The lowest BCUT2D eigenvalue weighted by molar-refractivity contribution is 0.556. The second-order valence-corrected chi connectivity index (χ2v) is 5.73. The molecule has 1 N–H and O–H groups in total. The van der Waals surface area contributed by atoms with E-state index >= 15 is 0 Å². The molecular formula is C15H16FN3S. The summed E-state index contributed by atoms with van der Waals surface area (Å²) in [4.78, 5) is 5.53. The van der Waals surface area contributed by atoms with E-state index in [0.717, 1.165) is 21.9 Å². The van der Waals surface area contributed by atoms with E-state index in [0.29, 0.717) is 6.54 Å². The fraction of sp³-hybridized carbons (Fsp3) is 0.267. The summed E-state index contributed by atoms with van der Waals surface area (Å²) in [6, 6.07) is 6.80. The fourth-order valence-corrected chi connectivity index (χ4v) is 3.08. The highest BCUT2D eigenvalue weighted by Gasteiger charge is 2.11. The zero-order chi connectivity index (χ0) is 14.1. The number of hydrogen-bond donors (Lipinski definition) is 1. The standard InChI is InChI=1S/C15H16FN3S/c1-10(12-4-3-5-13(16)8-12)17-9-14-11(2)18-15-19(14)6-7-20-15/h3-8,10,17H,9H2,1-2H3. The Balaban J connectivity index is 1.76.